The molecule has 2 rings (SSSR count). The molecule has 1 aromatic heterocycles. The standard InChI is InChI=1S/C15H18ClNS/c1-3-15(11-16,13-7-5-4-6-8-13)9-14-17-12(2)10-18-14/h4-8,10H,3,9,11H2,1-2H3. The molecule has 1 unspecified atom stereocenters. The van der Waals surface area contributed by atoms with Gasteiger partial charge in [-0.1, -0.05) is 37.3 Å². The van der Waals surface area contributed by atoms with Crippen molar-refractivity contribution in [1.82, 2.24) is 4.98 Å². The van der Waals surface area contributed by atoms with Gasteiger partial charge in [0.2, 0.25) is 0 Å². The Labute approximate surface area is 118 Å². The van der Waals surface area contributed by atoms with Gasteiger partial charge in [-0.2, -0.15) is 0 Å². The number of aromatic nitrogens is 1. The van der Waals surface area contributed by atoms with E-state index >= 15 is 0 Å². The summed E-state index contributed by atoms with van der Waals surface area (Å²) < 4.78 is 0. The Bertz CT molecular complexity index is 488. The Morgan fingerprint density at radius 1 is 1.28 bits per heavy atom. The third-order valence-electron chi connectivity index (χ3n) is 3.47. The van der Waals surface area contributed by atoms with Crippen molar-refractivity contribution in [3.63, 3.8) is 0 Å². The van der Waals surface area contributed by atoms with Gasteiger partial charge in [0.25, 0.3) is 0 Å². The van der Waals surface area contributed by atoms with E-state index < -0.39 is 0 Å². The number of nitrogens with zero attached hydrogens (tertiary/aromatic N) is 1. The van der Waals surface area contributed by atoms with Crippen LogP contribution in [0.3, 0.4) is 0 Å². The molecule has 0 radical (unpaired) electrons. The lowest BCUT2D eigenvalue weighted by Crippen LogP contribution is -2.30. The summed E-state index contributed by atoms with van der Waals surface area (Å²) in [6, 6.07) is 10.6. The summed E-state index contributed by atoms with van der Waals surface area (Å²) >= 11 is 8.02. The zero-order chi connectivity index (χ0) is 13.0. The monoisotopic (exact) mass is 279 g/mol. The van der Waals surface area contributed by atoms with Gasteiger partial charge >= 0.3 is 0 Å². The molecule has 0 aliphatic carbocycles. The van der Waals surface area contributed by atoms with Crippen molar-refractivity contribution in [2.75, 3.05) is 5.88 Å². The van der Waals surface area contributed by atoms with Crippen molar-refractivity contribution < 1.29 is 0 Å². The maximum Gasteiger partial charge on any atom is 0.0937 e. The zero-order valence-corrected chi connectivity index (χ0v) is 12.4. The highest BCUT2D eigenvalue weighted by atomic mass is 35.5. The molecule has 0 N–H and O–H groups in total. The van der Waals surface area contributed by atoms with Crippen LogP contribution < -0.4 is 0 Å². The SMILES string of the molecule is CCC(CCl)(Cc1nc(C)cs1)c1ccccc1. The van der Waals surface area contributed by atoms with E-state index in [2.05, 4.69) is 41.6 Å². The number of thiazole rings is 1. The smallest absolute Gasteiger partial charge is 0.0937 e. The molecule has 1 nitrogen and oxygen atoms in total. The predicted octanol–water partition coefficient (Wildman–Crippen LogP) is 4.58. The fourth-order valence-corrected chi connectivity index (χ4v) is 3.57. The highest BCUT2D eigenvalue weighted by Gasteiger charge is 2.30. The van der Waals surface area contributed by atoms with Crippen LogP contribution in [0.15, 0.2) is 35.7 Å². The molecule has 0 bridgehead atoms. The summed E-state index contributed by atoms with van der Waals surface area (Å²) in [5.41, 5.74) is 2.42. The number of rotatable bonds is 5. The highest BCUT2D eigenvalue weighted by molar-refractivity contribution is 7.09. The van der Waals surface area contributed by atoms with Gasteiger partial charge in [0.1, 0.15) is 0 Å². The first-order chi connectivity index (χ1) is 8.70. The Morgan fingerprint density at radius 2 is 2.00 bits per heavy atom. The quantitative estimate of drug-likeness (QED) is 0.730. The molecule has 1 aromatic carbocycles. The van der Waals surface area contributed by atoms with Gasteiger partial charge in [-0.3, -0.25) is 0 Å². The molecule has 1 atom stereocenters. The van der Waals surface area contributed by atoms with E-state index in [1.807, 2.05) is 13.0 Å². The lowest BCUT2D eigenvalue weighted by Gasteiger charge is -2.30. The number of halogens is 1. The Morgan fingerprint density at radius 3 is 2.50 bits per heavy atom. The summed E-state index contributed by atoms with van der Waals surface area (Å²) in [4.78, 5) is 4.58. The molecular formula is C15H18ClNS. The maximum absolute atomic E-state index is 6.29. The summed E-state index contributed by atoms with van der Waals surface area (Å²) in [5.74, 6) is 0.631. The second-order valence-electron chi connectivity index (χ2n) is 4.69. The largest absolute Gasteiger partial charge is 0.247 e. The van der Waals surface area contributed by atoms with Gasteiger partial charge in [-0.05, 0) is 18.9 Å². The van der Waals surface area contributed by atoms with E-state index in [-0.39, 0.29) is 5.41 Å². The van der Waals surface area contributed by atoms with Gasteiger partial charge in [-0.15, -0.1) is 22.9 Å². The fourth-order valence-electron chi connectivity index (χ4n) is 2.22. The summed E-state index contributed by atoms with van der Waals surface area (Å²) in [5, 5.41) is 3.29. The highest BCUT2D eigenvalue weighted by Crippen LogP contribution is 2.34. The molecule has 0 aliphatic heterocycles. The molecule has 2 aromatic rings. The predicted molar refractivity (Wildman–Crippen MR) is 79.7 cm³/mol. The summed E-state index contributed by atoms with van der Waals surface area (Å²) in [7, 11) is 0. The van der Waals surface area contributed by atoms with Gasteiger partial charge in [-0.25, -0.2) is 4.98 Å². The van der Waals surface area contributed by atoms with Crippen LogP contribution in [0.25, 0.3) is 0 Å². The molecule has 0 aliphatic rings. The average Bonchev–Trinajstić information content (AvgIpc) is 2.82. The molecular weight excluding hydrogens is 262 g/mol. The van der Waals surface area contributed by atoms with E-state index in [0.717, 1.165) is 18.5 Å². The lowest BCUT2D eigenvalue weighted by molar-refractivity contribution is 0.457. The Kier molecular flexibility index (Phi) is 4.41. The number of hydrogen-bond acceptors (Lipinski definition) is 2. The normalized spacial score (nSPS) is 14.4. The van der Waals surface area contributed by atoms with Crippen LogP contribution in [-0.4, -0.2) is 10.9 Å². The van der Waals surface area contributed by atoms with Crippen LogP contribution in [0.4, 0.5) is 0 Å². The number of alkyl halides is 1. The van der Waals surface area contributed by atoms with Crippen LogP contribution in [-0.2, 0) is 11.8 Å². The van der Waals surface area contributed by atoms with E-state index in [4.69, 9.17) is 11.6 Å². The first-order valence-corrected chi connectivity index (χ1v) is 7.64. The lowest BCUT2D eigenvalue weighted by atomic mass is 9.77. The number of aryl methyl sites for hydroxylation is 1. The van der Waals surface area contributed by atoms with Crippen LogP contribution in [0.2, 0.25) is 0 Å². The minimum atomic E-state index is 0.00705. The van der Waals surface area contributed by atoms with E-state index in [0.29, 0.717) is 5.88 Å². The van der Waals surface area contributed by atoms with Gasteiger partial charge in [0.15, 0.2) is 0 Å². The molecule has 0 saturated heterocycles. The van der Waals surface area contributed by atoms with Crippen molar-refractivity contribution in [3.05, 3.63) is 52.0 Å². The molecule has 0 saturated carbocycles. The minimum Gasteiger partial charge on any atom is -0.247 e. The Hall–Kier alpha value is -0.860. The first kappa shape index (κ1) is 13.6. The molecule has 1 heterocycles. The van der Waals surface area contributed by atoms with Crippen LogP contribution in [0, 0.1) is 6.92 Å². The number of hydrogen-bond donors (Lipinski definition) is 0. The Balaban J connectivity index is 2.32. The zero-order valence-electron chi connectivity index (χ0n) is 10.8. The van der Waals surface area contributed by atoms with Gasteiger partial charge in [0, 0.05) is 28.8 Å². The van der Waals surface area contributed by atoms with E-state index in [1.165, 1.54) is 10.6 Å². The second kappa shape index (κ2) is 5.85. The van der Waals surface area contributed by atoms with Crippen LogP contribution in [0.1, 0.15) is 29.6 Å². The topological polar surface area (TPSA) is 12.9 Å². The van der Waals surface area contributed by atoms with Crippen molar-refractivity contribution >= 4 is 22.9 Å². The van der Waals surface area contributed by atoms with Crippen LogP contribution in [0.5, 0.6) is 0 Å². The first-order valence-electron chi connectivity index (χ1n) is 6.22. The second-order valence-corrected chi connectivity index (χ2v) is 5.90. The molecule has 0 amide bonds. The summed E-state index contributed by atoms with van der Waals surface area (Å²) in [6.45, 7) is 4.24. The van der Waals surface area contributed by atoms with Crippen LogP contribution >= 0.6 is 22.9 Å². The third kappa shape index (κ3) is 2.76. The van der Waals surface area contributed by atoms with Crippen molar-refractivity contribution in [2.45, 2.75) is 32.1 Å². The number of benzene rings is 1. The van der Waals surface area contributed by atoms with Gasteiger partial charge in [0.05, 0.1) is 5.01 Å². The van der Waals surface area contributed by atoms with Crippen molar-refractivity contribution in [3.8, 4) is 0 Å². The molecule has 18 heavy (non-hydrogen) atoms. The average molecular weight is 280 g/mol. The molecule has 3 heteroatoms. The minimum absolute atomic E-state index is 0.00705. The third-order valence-corrected chi connectivity index (χ3v) is 4.95. The van der Waals surface area contributed by atoms with Crippen molar-refractivity contribution in [1.29, 1.82) is 0 Å². The van der Waals surface area contributed by atoms with Crippen molar-refractivity contribution in [2.24, 2.45) is 0 Å². The van der Waals surface area contributed by atoms with E-state index in [9.17, 15) is 0 Å². The fraction of sp³-hybridized carbons (Fsp3) is 0.400. The molecule has 0 fully saturated rings. The van der Waals surface area contributed by atoms with Gasteiger partial charge < -0.3 is 0 Å². The molecule has 0 spiro atoms. The van der Waals surface area contributed by atoms with E-state index in [1.54, 1.807) is 11.3 Å². The molecule has 96 valence electrons. The maximum atomic E-state index is 6.29. The summed E-state index contributed by atoms with van der Waals surface area (Å²) in [6.07, 6.45) is 1.95.